The van der Waals surface area contributed by atoms with Gasteiger partial charge in [-0.05, 0) is 72.5 Å². The highest BCUT2D eigenvalue weighted by Crippen LogP contribution is 2.52. The minimum atomic E-state index is 0.639. The molecular weight excluding hydrogens is 735 g/mol. The molecule has 0 N–H and O–H groups in total. The van der Waals surface area contributed by atoms with Crippen LogP contribution in [0.15, 0.2) is 200 Å². The van der Waals surface area contributed by atoms with Crippen LogP contribution in [0.4, 0.5) is 0 Å². The number of rotatable bonds is 6. The molecule has 2 heterocycles. The average Bonchev–Trinajstić information content (AvgIpc) is 3.86. The predicted octanol–water partition coefficient (Wildman–Crippen LogP) is 15.0. The number of thiophene rings is 1. The maximum absolute atomic E-state index is 5.09. The molecule has 0 atom stereocenters. The van der Waals surface area contributed by atoms with Gasteiger partial charge < -0.3 is 0 Å². The molecule has 59 heavy (non-hydrogen) atoms. The van der Waals surface area contributed by atoms with Gasteiger partial charge in [0, 0.05) is 36.9 Å². The lowest BCUT2D eigenvalue weighted by Gasteiger charge is -2.10. The molecule has 0 unspecified atom stereocenters. The number of hydrogen-bond acceptors (Lipinski definition) is 4. The smallest absolute Gasteiger partial charge is 0.164 e. The van der Waals surface area contributed by atoms with E-state index in [1.807, 2.05) is 23.5 Å². The molecular formula is C55H33N3S. The minimum absolute atomic E-state index is 0.639. The Labute approximate surface area is 345 Å². The standard InChI is InChI=1S/C55H33N3S/c1-3-11-34(12-4-1)36-21-27-39(28-22-36)53-56-54(40-29-23-37(24-30-40)35-13-5-2-6-14-35)58-55(57-53)41-31-25-38(26-32-41)42-17-9-20-47-51-46-19-10-18-45-43-15-7-8-16-44(43)48(50(45)46)33-49(51)59-52(42)47/h1-33H. The summed E-state index contributed by atoms with van der Waals surface area (Å²) in [6.45, 7) is 0. The largest absolute Gasteiger partial charge is 0.208 e. The molecule has 9 aromatic carbocycles. The molecule has 0 radical (unpaired) electrons. The van der Waals surface area contributed by atoms with Gasteiger partial charge in [0.25, 0.3) is 0 Å². The third-order valence-corrected chi connectivity index (χ3v) is 12.9. The highest BCUT2D eigenvalue weighted by Gasteiger charge is 2.24. The molecule has 0 aliphatic heterocycles. The van der Waals surface area contributed by atoms with Crippen LogP contribution in [0.3, 0.4) is 0 Å². The summed E-state index contributed by atoms with van der Waals surface area (Å²) in [5, 5.41) is 5.34. The van der Waals surface area contributed by atoms with Crippen LogP contribution in [-0.4, -0.2) is 15.0 Å². The first kappa shape index (κ1) is 33.6. The van der Waals surface area contributed by atoms with Crippen molar-refractivity contribution in [3.63, 3.8) is 0 Å². The Morgan fingerprint density at radius 1 is 0.271 bits per heavy atom. The van der Waals surface area contributed by atoms with Crippen molar-refractivity contribution in [2.24, 2.45) is 0 Å². The Morgan fingerprint density at radius 2 is 0.678 bits per heavy atom. The zero-order chi connectivity index (χ0) is 38.9. The normalized spacial score (nSPS) is 11.7. The molecule has 0 saturated heterocycles. The van der Waals surface area contributed by atoms with Crippen molar-refractivity contribution in [1.82, 2.24) is 15.0 Å². The highest BCUT2D eigenvalue weighted by atomic mass is 32.1. The summed E-state index contributed by atoms with van der Waals surface area (Å²) in [5.41, 5.74) is 15.2. The summed E-state index contributed by atoms with van der Waals surface area (Å²) >= 11 is 1.89. The van der Waals surface area contributed by atoms with Crippen LogP contribution in [0.1, 0.15) is 0 Å². The van der Waals surface area contributed by atoms with Crippen molar-refractivity contribution < 1.29 is 0 Å². The van der Waals surface area contributed by atoms with E-state index in [-0.39, 0.29) is 0 Å². The molecule has 4 heteroatoms. The Bertz CT molecular complexity index is 3290. The maximum atomic E-state index is 5.09. The molecule has 2 aromatic heterocycles. The summed E-state index contributed by atoms with van der Waals surface area (Å²) in [6, 6.07) is 71.3. The number of hydrogen-bond donors (Lipinski definition) is 0. The molecule has 3 nitrogen and oxygen atoms in total. The second kappa shape index (κ2) is 13.6. The highest BCUT2D eigenvalue weighted by molar-refractivity contribution is 7.26. The van der Waals surface area contributed by atoms with Crippen LogP contribution >= 0.6 is 11.3 Å². The number of nitrogens with zero attached hydrogens (tertiary/aromatic N) is 3. The van der Waals surface area contributed by atoms with Gasteiger partial charge >= 0.3 is 0 Å². The monoisotopic (exact) mass is 767 g/mol. The van der Waals surface area contributed by atoms with E-state index in [2.05, 4.69) is 188 Å². The van der Waals surface area contributed by atoms with Crippen LogP contribution in [0.25, 0.3) is 121 Å². The number of benzene rings is 9. The molecule has 1 aliphatic carbocycles. The van der Waals surface area contributed by atoms with E-state index in [0.717, 1.165) is 33.4 Å². The molecule has 274 valence electrons. The molecule has 11 aromatic rings. The molecule has 0 fully saturated rings. The first-order chi connectivity index (χ1) is 29.2. The van der Waals surface area contributed by atoms with Crippen molar-refractivity contribution in [3.8, 4) is 89.8 Å². The van der Waals surface area contributed by atoms with Gasteiger partial charge in [0.1, 0.15) is 0 Å². The third-order valence-electron chi connectivity index (χ3n) is 11.7. The fourth-order valence-electron chi connectivity index (χ4n) is 8.83. The first-order valence-corrected chi connectivity index (χ1v) is 20.7. The van der Waals surface area contributed by atoms with E-state index >= 15 is 0 Å². The summed E-state index contributed by atoms with van der Waals surface area (Å²) in [5.74, 6) is 1.92. The molecule has 0 bridgehead atoms. The zero-order valence-electron chi connectivity index (χ0n) is 31.8. The SMILES string of the molecule is c1ccc(-c2ccc(-c3nc(-c4ccc(-c5ccccc5)cc4)nc(-c4ccc(-c5cccc6c5sc5cc7c8c(cccc8c56)-c5ccccc5-7)cc4)n3)cc2)cc1. The van der Waals surface area contributed by atoms with Gasteiger partial charge in [0.2, 0.25) is 0 Å². The van der Waals surface area contributed by atoms with Crippen LogP contribution in [-0.2, 0) is 0 Å². The second-order valence-corrected chi connectivity index (χ2v) is 16.2. The summed E-state index contributed by atoms with van der Waals surface area (Å²) in [4.78, 5) is 15.2. The van der Waals surface area contributed by atoms with Gasteiger partial charge in [-0.15, -0.1) is 11.3 Å². The van der Waals surface area contributed by atoms with Crippen LogP contribution in [0.5, 0.6) is 0 Å². The lowest BCUT2D eigenvalue weighted by Crippen LogP contribution is -2.00. The van der Waals surface area contributed by atoms with Crippen LogP contribution in [0.2, 0.25) is 0 Å². The molecule has 12 rings (SSSR count). The van der Waals surface area contributed by atoms with Crippen molar-refractivity contribution in [2.45, 2.75) is 0 Å². The van der Waals surface area contributed by atoms with Crippen molar-refractivity contribution in [2.75, 3.05) is 0 Å². The average molecular weight is 768 g/mol. The van der Waals surface area contributed by atoms with E-state index in [4.69, 9.17) is 15.0 Å². The van der Waals surface area contributed by atoms with E-state index in [1.54, 1.807) is 0 Å². The molecule has 0 saturated carbocycles. The van der Waals surface area contributed by atoms with E-state index < -0.39 is 0 Å². The Morgan fingerprint density at radius 3 is 1.22 bits per heavy atom. The predicted molar refractivity (Wildman–Crippen MR) is 247 cm³/mol. The topological polar surface area (TPSA) is 38.7 Å². The van der Waals surface area contributed by atoms with Crippen LogP contribution < -0.4 is 0 Å². The van der Waals surface area contributed by atoms with Crippen molar-refractivity contribution in [3.05, 3.63) is 200 Å². The van der Waals surface area contributed by atoms with Gasteiger partial charge in [0.15, 0.2) is 17.5 Å². The molecule has 0 spiro atoms. The maximum Gasteiger partial charge on any atom is 0.164 e. The van der Waals surface area contributed by atoms with Gasteiger partial charge in [-0.25, -0.2) is 15.0 Å². The summed E-state index contributed by atoms with van der Waals surface area (Å²) in [6.07, 6.45) is 0. The van der Waals surface area contributed by atoms with E-state index in [1.165, 1.54) is 69.9 Å². The second-order valence-electron chi connectivity index (χ2n) is 15.1. The molecule has 0 amide bonds. The Hall–Kier alpha value is -7.53. The first-order valence-electron chi connectivity index (χ1n) is 19.9. The zero-order valence-corrected chi connectivity index (χ0v) is 32.6. The number of aromatic nitrogens is 3. The Kier molecular flexibility index (Phi) is 7.72. The summed E-state index contributed by atoms with van der Waals surface area (Å²) < 4.78 is 2.62. The van der Waals surface area contributed by atoms with E-state index in [9.17, 15) is 0 Å². The van der Waals surface area contributed by atoms with Crippen molar-refractivity contribution >= 4 is 42.3 Å². The lowest BCUT2D eigenvalue weighted by molar-refractivity contribution is 1.07. The van der Waals surface area contributed by atoms with Gasteiger partial charge in [0.05, 0.1) is 0 Å². The molecule has 1 aliphatic rings. The minimum Gasteiger partial charge on any atom is -0.208 e. The fraction of sp³-hybridized carbons (Fsp3) is 0. The van der Waals surface area contributed by atoms with Crippen LogP contribution in [0, 0.1) is 0 Å². The van der Waals surface area contributed by atoms with Gasteiger partial charge in [-0.3, -0.25) is 0 Å². The van der Waals surface area contributed by atoms with Crippen molar-refractivity contribution in [1.29, 1.82) is 0 Å². The third kappa shape index (κ3) is 5.60. The summed E-state index contributed by atoms with van der Waals surface area (Å²) in [7, 11) is 0. The van der Waals surface area contributed by atoms with Gasteiger partial charge in [-0.2, -0.15) is 0 Å². The lowest BCUT2D eigenvalue weighted by atomic mass is 9.96. The fourth-order valence-corrected chi connectivity index (χ4v) is 10.1. The quantitative estimate of drug-likeness (QED) is 0.169. The Balaban J connectivity index is 0.946. The number of fused-ring (bicyclic) bond motifs is 7. The van der Waals surface area contributed by atoms with Gasteiger partial charge in [-0.1, -0.05) is 194 Å². The van der Waals surface area contributed by atoms with E-state index in [0.29, 0.717) is 17.5 Å².